The molecule has 0 spiro atoms. The van der Waals surface area contributed by atoms with Crippen LogP contribution in [-0.2, 0) is 13.0 Å². The van der Waals surface area contributed by atoms with E-state index in [9.17, 15) is 9.90 Å². The minimum atomic E-state index is -0.655. The minimum Gasteiger partial charge on any atom is -0.390 e. The van der Waals surface area contributed by atoms with Crippen molar-refractivity contribution in [1.82, 2.24) is 10.2 Å². The number of amides is 2. The first-order chi connectivity index (χ1) is 12.7. The van der Waals surface area contributed by atoms with Crippen LogP contribution in [0, 0.1) is 11.3 Å². The van der Waals surface area contributed by atoms with Crippen LogP contribution in [0.5, 0.6) is 0 Å². The van der Waals surface area contributed by atoms with Crippen molar-refractivity contribution in [3.8, 4) is 6.07 Å². The maximum absolute atomic E-state index is 12.0. The minimum absolute atomic E-state index is 0.151. The molecule has 26 heavy (non-hydrogen) atoms. The smallest absolute Gasteiger partial charge is 0.319 e. The Balaban J connectivity index is 1.45. The van der Waals surface area contributed by atoms with Crippen LogP contribution < -0.4 is 10.6 Å². The van der Waals surface area contributed by atoms with Crippen molar-refractivity contribution in [2.45, 2.75) is 19.1 Å². The fourth-order valence-corrected chi connectivity index (χ4v) is 3.14. The van der Waals surface area contributed by atoms with Crippen molar-refractivity contribution in [2.75, 3.05) is 25.0 Å². The maximum Gasteiger partial charge on any atom is 0.319 e. The van der Waals surface area contributed by atoms with E-state index in [4.69, 9.17) is 5.26 Å². The highest BCUT2D eigenvalue weighted by Gasteiger charge is 2.18. The third-order valence-corrected chi connectivity index (χ3v) is 4.47. The number of aliphatic hydroxyl groups excluding tert-OH is 1. The lowest BCUT2D eigenvalue weighted by atomic mass is 10.00. The van der Waals surface area contributed by atoms with E-state index in [1.807, 2.05) is 12.1 Å². The summed E-state index contributed by atoms with van der Waals surface area (Å²) in [5.41, 5.74) is 3.52. The summed E-state index contributed by atoms with van der Waals surface area (Å²) < 4.78 is 0. The lowest BCUT2D eigenvalue weighted by Crippen LogP contribution is -2.43. The van der Waals surface area contributed by atoms with Crippen LogP contribution in [0.4, 0.5) is 10.5 Å². The van der Waals surface area contributed by atoms with Crippen molar-refractivity contribution in [3.05, 3.63) is 65.2 Å². The monoisotopic (exact) mass is 350 g/mol. The number of urea groups is 1. The number of anilines is 1. The van der Waals surface area contributed by atoms with E-state index < -0.39 is 12.1 Å². The first-order valence-electron chi connectivity index (χ1n) is 8.67. The zero-order valence-corrected chi connectivity index (χ0v) is 14.5. The van der Waals surface area contributed by atoms with Gasteiger partial charge in [0, 0.05) is 26.2 Å². The number of benzene rings is 2. The van der Waals surface area contributed by atoms with Crippen molar-refractivity contribution < 1.29 is 9.90 Å². The zero-order valence-electron chi connectivity index (χ0n) is 14.5. The normalized spacial score (nSPS) is 14.8. The van der Waals surface area contributed by atoms with Crippen molar-refractivity contribution in [2.24, 2.45) is 0 Å². The van der Waals surface area contributed by atoms with E-state index in [2.05, 4.69) is 33.7 Å². The van der Waals surface area contributed by atoms with Gasteiger partial charge in [-0.1, -0.05) is 36.4 Å². The molecule has 0 aliphatic carbocycles. The van der Waals surface area contributed by atoms with Crippen LogP contribution in [0.25, 0.3) is 0 Å². The highest BCUT2D eigenvalue weighted by molar-refractivity contribution is 5.90. The number of para-hydroxylation sites is 1. The first-order valence-corrected chi connectivity index (χ1v) is 8.67. The predicted molar refractivity (Wildman–Crippen MR) is 99.6 cm³/mol. The van der Waals surface area contributed by atoms with Crippen molar-refractivity contribution >= 4 is 11.7 Å². The average molecular weight is 350 g/mol. The van der Waals surface area contributed by atoms with E-state index in [0.29, 0.717) is 17.8 Å². The maximum atomic E-state index is 12.0. The van der Waals surface area contributed by atoms with E-state index in [0.717, 1.165) is 19.5 Å². The molecule has 2 aromatic rings. The van der Waals surface area contributed by atoms with Gasteiger partial charge in [-0.05, 0) is 29.7 Å². The number of nitrogens with zero attached hydrogens (tertiary/aromatic N) is 2. The molecule has 0 saturated carbocycles. The Kier molecular flexibility index (Phi) is 5.84. The van der Waals surface area contributed by atoms with Crippen LogP contribution >= 0.6 is 0 Å². The average Bonchev–Trinajstić information content (AvgIpc) is 2.67. The second kappa shape index (κ2) is 8.48. The molecule has 6 heteroatoms. The number of carbonyl (C=O) groups is 1. The highest BCUT2D eigenvalue weighted by Crippen LogP contribution is 2.18. The van der Waals surface area contributed by atoms with E-state index in [1.165, 1.54) is 11.1 Å². The molecule has 0 saturated heterocycles. The molecule has 2 aromatic carbocycles. The zero-order chi connectivity index (χ0) is 18.4. The fourth-order valence-electron chi connectivity index (χ4n) is 3.14. The van der Waals surface area contributed by atoms with Crippen LogP contribution in [-0.4, -0.2) is 41.8 Å². The van der Waals surface area contributed by atoms with Gasteiger partial charge in [-0.2, -0.15) is 5.26 Å². The van der Waals surface area contributed by atoms with Gasteiger partial charge < -0.3 is 15.7 Å². The SMILES string of the molecule is N#Cc1ccccc1NC(=O)NCC(O)CN1CCc2ccccc2C1. The summed E-state index contributed by atoms with van der Waals surface area (Å²) in [6.07, 6.45) is 0.319. The Morgan fingerprint density at radius 3 is 2.73 bits per heavy atom. The molecule has 134 valence electrons. The molecule has 3 N–H and O–H groups in total. The summed E-state index contributed by atoms with van der Waals surface area (Å²) >= 11 is 0. The molecule has 0 bridgehead atoms. The molecule has 1 aliphatic heterocycles. The van der Waals surface area contributed by atoms with Gasteiger partial charge in [0.2, 0.25) is 0 Å². The number of fused-ring (bicyclic) bond motifs is 1. The number of hydrogen-bond donors (Lipinski definition) is 3. The molecule has 0 fully saturated rings. The first kappa shape index (κ1) is 17.9. The Morgan fingerprint density at radius 1 is 1.19 bits per heavy atom. The van der Waals surface area contributed by atoms with Crippen LogP contribution in [0.1, 0.15) is 16.7 Å². The Labute approximate surface area is 153 Å². The van der Waals surface area contributed by atoms with Crippen LogP contribution in [0.3, 0.4) is 0 Å². The van der Waals surface area contributed by atoms with Gasteiger partial charge in [-0.3, -0.25) is 4.90 Å². The number of nitriles is 1. The molecule has 1 unspecified atom stereocenters. The summed E-state index contributed by atoms with van der Waals surface area (Å²) in [5.74, 6) is 0. The highest BCUT2D eigenvalue weighted by atomic mass is 16.3. The summed E-state index contributed by atoms with van der Waals surface area (Å²) in [6.45, 7) is 2.37. The molecule has 0 aromatic heterocycles. The number of rotatable bonds is 5. The fraction of sp³-hybridized carbons (Fsp3) is 0.300. The molecule has 6 nitrogen and oxygen atoms in total. The van der Waals surface area contributed by atoms with Gasteiger partial charge in [0.25, 0.3) is 0 Å². The number of aliphatic hydroxyl groups is 1. The van der Waals surface area contributed by atoms with Crippen molar-refractivity contribution in [3.63, 3.8) is 0 Å². The standard InChI is InChI=1S/C20H22N4O2/c21-11-16-6-3-4-8-19(16)23-20(26)22-12-18(25)14-24-10-9-15-5-1-2-7-17(15)13-24/h1-8,18,25H,9-10,12-14H2,(H2,22,23,26). The Bertz CT molecular complexity index is 815. The third-order valence-electron chi connectivity index (χ3n) is 4.47. The van der Waals surface area contributed by atoms with Gasteiger partial charge >= 0.3 is 6.03 Å². The predicted octanol–water partition coefficient (Wildman–Crippen LogP) is 2.10. The van der Waals surface area contributed by atoms with Gasteiger partial charge in [0.15, 0.2) is 0 Å². The van der Waals surface area contributed by atoms with Gasteiger partial charge in [-0.15, -0.1) is 0 Å². The molecular weight excluding hydrogens is 328 g/mol. The van der Waals surface area contributed by atoms with Gasteiger partial charge in [0.05, 0.1) is 17.4 Å². The molecule has 3 rings (SSSR count). The second-order valence-electron chi connectivity index (χ2n) is 6.40. The number of nitrogens with one attached hydrogen (secondary N) is 2. The van der Waals surface area contributed by atoms with E-state index in [-0.39, 0.29) is 6.54 Å². The topological polar surface area (TPSA) is 88.4 Å². The van der Waals surface area contributed by atoms with Gasteiger partial charge in [-0.25, -0.2) is 4.79 Å². The molecule has 1 aliphatic rings. The summed E-state index contributed by atoms with van der Waals surface area (Å²) in [4.78, 5) is 14.2. The quantitative estimate of drug-likeness (QED) is 0.770. The number of carbonyl (C=O) groups excluding carboxylic acids is 1. The van der Waals surface area contributed by atoms with Crippen LogP contribution in [0.2, 0.25) is 0 Å². The molecule has 1 atom stereocenters. The third kappa shape index (κ3) is 4.60. The lowest BCUT2D eigenvalue weighted by molar-refractivity contribution is 0.106. The van der Waals surface area contributed by atoms with Gasteiger partial charge in [0.1, 0.15) is 6.07 Å². The van der Waals surface area contributed by atoms with E-state index in [1.54, 1.807) is 24.3 Å². The molecular formula is C20H22N4O2. The molecule has 1 heterocycles. The molecule has 0 radical (unpaired) electrons. The van der Waals surface area contributed by atoms with E-state index >= 15 is 0 Å². The molecule has 2 amide bonds. The summed E-state index contributed by atoms with van der Waals surface area (Å²) in [7, 11) is 0. The summed E-state index contributed by atoms with van der Waals surface area (Å²) in [5, 5.41) is 24.6. The largest absolute Gasteiger partial charge is 0.390 e. The summed E-state index contributed by atoms with van der Waals surface area (Å²) in [6, 6.07) is 16.7. The second-order valence-corrected chi connectivity index (χ2v) is 6.40. The van der Waals surface area contributed by atoms with Crippen molar-refractivity contribution in [1.29, 1.82) is 5.26 Å². The Morgan fingerprint density at radius 2 is 1.92 bits per heavy atom. The lowest BCUT2D eigenvalue weighted by Gasteiger charge is -2.30. The number of β-amino-alcohol motifs (C(OH)–C–C–N with tert-alkyl or cyclic N) is 1. The van der Waals surface area contributed by atoms with Crippen LogP contribution in [0.15, 0.2) is 48.5 Å². The Hall–Kier alpha value is -2.88. The number of hydrogen-bond acceptors (Lipinski definition) is 4.